The number of carbonyl (C=O) groups is 1. The molecule has 1 aliphatic rings. The van der Waals surface area contributed by atoms with E-state index in [0.717, 1.165) is 24.8 Å². The summed E-state index contributed by atoms with van der Waals surface area (Å²) in [5.41, 5.74) is 6.68. The van der Waals surface area contributed by atoms with Crippen LogP contribution in [-0.2, 0) is 4.79 Å². The van der Waals surface area contributed by atoms with Crippen molar-refractivity contribution < 1.29 is 4.79 Å². The molecule has 1 amide bonds. The van der Waals surface area contributed by atoms with Crippen molar-refractivity contribution in [1.82, 2.24) is 5.32 Å². The predicted molar refractivity (Wildman–Crippen MR) is 87.5 cm³/mol. The Labute approximate surface area is 136 Å². The lowest BCUT2D eigenvalue weighted by Gasteiger charge is -2.30. The molecule has 1 saturated carbocycles. The van der Waals surface area contributed by atoms with Crippen molar-refractivity contribution in [1.29, 1.82) is 0 Å². The molecule has 0 spiro atoms. The summed E-state index contributed by atoms with van der Waals surface area (Å²) in [6.45, 7) is 2.52. The van der Waals surface area contributed by atoms with Crippen LogP contribution in [0.25, 0.3) is 0 Å². The third-order valence-corrected chi connectivity index (χ3v) is 4.90. The molecule has 3 atom stereocenters. The predicted octanol–water partition coefficient (Wildman–Crippen LogP) is 3.94. The van der Waals surface area contributed by atoms with E-state index in [9.17, 15) is 4.79 Å². The molecule has 0 aliphatic heterocycles. The first kappa shape index (κ1) is 16.6. The Kier molecular flexibility index (Phi) is 5.91. The van der Waals surface area contributed by atoms with Crippen LogP contribution in [0.5, 0.6) is 0 Å². The molecule has 3 nitrogen and oxygen atoms in total. The van der Waals surface area contributed by atoms with Crippen LogP contribution < -0.4 is 11.1 Å². The van der Waals surface area contributed by atoms with Crippen molar-refractivity contribution in [3.05, 3.63) is 33.8 Å². The quantitative estimate of drug-likeness (QED) is 0.879. The number of benzene rings is 1. The van der Waals surface area contributed by atoms with E-state index in [2.05, 4.69) is 5.32 Å². The average molecular weight is 329 g/mol. The van der Waals surface area contributed by atoms with Gasteiger partial charge in [0.2, 0.25) is 5.91 Å². The minimum atomic E-state index is -0.136. The molecular weight excluding hydrogens is 307 g/mol. The molecule has 3 N–H and O–H groups in total. The summed E-state index contributed by atoms with van der Waals surface area (Å²) in [7, 11) is 0. The van der Waals surface area contributed by atoms with Gasteiger partial charge in [-0.25, -0.2) is 0 Å². The summed E-state index contributed by atoms with van der Waals surface area (Å²) in [4.78, 5) is 12.5. The summed E-state index contributed by atoms with van der Waals surface area (Å²) in [6, 6.07) is 5.21. The summed E-state index contributed by atoms with van der Waals surface area (Å²) in [6.07, 6.45) is 4.24. The van der Waals surface area contributed by atoms with Crippen molar-refractivity contribution in [3.8, 4) is 0 Å². The monoisotopic (exact) mass is 328 g/mol. The van der Waals surface area contributed by atoms with Gasteiger partial charge in [-0.15, -0.1) is 0 Å². The van der Waals surface area contributed by atoms with Gasteiger partial charge in [0.15, 0.2) is 0 Å². The SMILES string of the molecule is CC(NC(=O)C1CCCCC1CN)c1ccc(Cl)cc1Cl. The Morgan fingerprint density at radius 1 is 1.38 bits per heavy atom. The second-order valence-corrected chi connectivity index (χ2v) is 6.63. The number of nitrogens with one attached hydrogen (secondary N) is 1. The first-order valence-electron chi connectivity index (χ1n) is 7.48. The van der Waals surface area contributed by atoms with E-state index >= 15 is 0 Å². The van der Waals surface area contributed by atoms with E-state index in [0.29, 0.717) is 22.5 Å². The lowest BCUT2D eigenvalue weighted by atomic mass is 9.78. The van der Waals surface area contributed by atoms with Crippen LogP contribution in [0, 0.1) is 11.8 Å². The maximum atomic E-state index is 12.5. The molecular formula is C16H22Cl2N2O. The lowest BCUT2D eigenvalue weighted by Crippen LogP contribution is -2.40. The van der Waals surface area contributed by atoms with Gasteiger partial charge < -0.3 is 11.1 Å². The van der Waals surface area contributed by atoms with E-state index in [1.165, 1.54) is 6.42 Å². The highest BCUT2D eigenvalue weighted by atomic mass is 35.5. The molecule has 0 heterocycles. The Balaban J connectivity index is 2.04. The van der Waals surface area contributed by atoms with Crippen LogP contribution in [0.2, 0.25) is 10.0 Å². The largest absolute Gasteiger partial charge is 0.349 e. The van der Waals surface area contributed by atoms with E-state index in [-0.39, 0.29) is 17.9 Å². The molecule has 1 aromatic carbocycles. The van der Waals surface area contributed by atoms with Gasteiger partial charge in [0.1, 0.15) is 0 Å². The topological polar surface area (TPSA) is 55.1 Å². The Bertz CT molecular complexity index is 507. The molecule has 5 heteroatoms. The van der Waals surface area contributed by atoms with Crippen LogP contribution in [0.1, 0.15) is 44.2 Å². The highest BCUT2D eigenvalue weighted by molar-refractivity contribution is 6.35. The van der Waals surface area contributed by atoms with Gasteiger partial charge in [-0.1, -0.05) is 42.1 Å². The zero-order valence-corrected chi connectivity index (χ0v) is 13.8. The summed E-state index contributed by atoms with van der Waals surface area (Å²) in [5, 5.41) is 4.24. The maximum absolute atomic E-state index is 12.5. The number of amides is 1. The van der Waals surface area contributed by atoms with Crippen molar-refractivity contribution in [3.63, 3.8) is 0 Å². The average Bonchev–Trinajstić information content (AvgIpc) is 2.46. The van der Waals surface area contributed by atoms with Gasteiger partial charge in [0.25, 0.3) is 0 Å². The summed E-state index contributed by atoms with van der Waals surface area (Å²) in [5.74, 6) is 0.410. The fourth-order valence-electron chi connectivity index (χ4n) is 3.09. The number of carbonyl (C=O) groups excluding carboxylic acids is 1. The molecule has 3 unspecified atom stereocenters. The number of nitrogens with two attached hydrogens (primary N) is 1. The highest BCUT2D eigenvalue weighted by Crippen LogP contribution is 2.31. The van der Waals surface area contributed by atoms with E-state index < -0.39 is 0 Å². The molecule has 21 heavy (non-hydrogen) atoms. The zero-order valence-electron chi connectivity index (χ0n) is 12.2. The Morgan fingerprint density at radius 3 is 2.76 bits per heavy atom. The molecule has 1 fully saturated rings. The van der Waals surface area contributed by atoms with E-state index in [1.807, 2.05) is 13.0 Å². The molecule has 116 valence electrons. The van der Waals surface area contributed by atoms with Crippen LogP contribution in [0.15, 0.2) is 18.2 Å². The molecule has 0 aromatic heterocycles. The van der Waals surface area contributed by atoms with Gasteiger partial charge in [0, 0.05) is 16.0 Å². The first-order chi connectivity index (χ1) is 10.0. The normalized spacial score (nSPS) is 23.6. The number of rotatable bonds is 4. The van der Waals surface area contributed by atoms with Crippen LogP contribution >= 0.6 is 23.2 Å². The minimum Gasteiger partial charge on any atom is -0.349 e. The van der Waals surface area contributed by atoms with Crippen LogP contribution in [0.3, 0.4) is 0 Å². The number of hydrogen-bond donors (Lipinski definition) is 2. The lowest BCUT2D eigenvalue weighted by molar-refractivity contribution is -0.128. The second kappa shape index (κ2) is 7.48. The Hall–Kier alpha value is -0.770. The highest BCUT2D eigenvalue weighted by Gasteiger charge is 2.30. The van der Waals surface area contributed by atoms with Gasteiger partial charge in [-0.05, 0) is 49.9 Å². The van der Waals surface area contributed by atoms with Crippen molar-refractivity contribution in [2.75, 3.05) is 6.54 Å². The zero-order chi connectivity index (χ0) is 15.4. The standard InChI is InChI=1S/C16H22Cl2N2O/c1-10(13-7-6-12(17)8-15(13)18)20-16(21)14-5-3-2-4-11(14)9-19/h6-8,10-11,14H,2-5,9,19H2,1H3,(H,20,21). The van der Waals surface area contributed by atoms with Crippen molar-refractivity contribution >= 4 is 29.1 Å². The fourth-order valence-corrected chi connectivity index (χ4v) is 3.66. The summed E-state index contributed by atoms with van der Waals surface area (Å²) < 4.78 is 0. The molecule has 0 saturated heterocycles. The molecule has 1 aliphatic carbocycles. The van der Waals surface area contributed by atoms with Crippen molar-refractivity contribution in [2.45, 2.75) is 38.6 Å². The van der Waals surface area contributed by atoms with Gasteiger partial charge in [-0.3, -0.25) is 4.79 Å². The molecule has 0 radical (unpaired) electrons. The van der Waals surface area contributed by atoms with Gasteiger partial charge in [-0.2, -0.15) is 0 Å². The van der Waals surface area contributed by atoms with E-state index in [4.69, 9.17) is 28.9 Å². The fraction of sp³-hybridized carbons (Fsp3) is 0.562. The maximum Gasteiger partial charge on any atom is 0.223 e. The summed E-state index contributed by atoms with van der Waals surface area (Å²) >= 11 is 12.1. The molecule has 0 bridgehead atoms. The van der Waals surface area contributed by atoms with Gasteiger partial charge >= 0.3 is 0 Å². The smallest absolute Gasteiger partial charge is 0.223 e. The second-order valence-electron chi connectivity index (χ2n) is 5.78. The third-order valence-electron chi connectivity index (χ3n) is 4.34. The first-order valence-corrected chi connectivity index (χ1v) is 8.24. The Morgan fingerprint density at radius 2 is 2.10 bits per heavy atom. The number of halogens is 2. The minimum absolute atomic E-state index is 0.0253. The van der Waals surface area contributed by atoms with Crippen LogP contribution in [0.4, 0.5) is 0 Å². The third kappa shape index (κ3) is 4.12. The van der Waals surface area contributed by atoms with Gasteiger partial charge in [0.05, 0.1) is 6.04 Å². The van der Waals surface area contributed by atoms with E-state index in [1.54, 1.807) is 12.1 Å². The van der Waals surface area contributed by atoms with Crippen LogP contribution in [-0.4, -0.2) is 12.5 Å². The molecule has 1 aromatic rings. The molecule has 2 rings (SSSR count). The van der Waals surface area contributed by atoms with Crippen molar-refractivity contribution in [2.24, 2.45) is 17.6 Å². The number of hydrogen-bond acceptors (Lipinski definition) is 2.